The first-order valence-electron chi connectivity index (χ1n) is 13.6. The van der Waals surface area contributed by atoms with Crippen molar-refractivity contribution in [2.45, 2.75) is 58.5 Å². The van der Waals surface area contributed by atoms with Crippen LogP contribution in [0.25, 0.3) is 0 Å². The van der Waals surface area contributed by atoms with Crippen LogP contribution in [0.3, 0.4) is 0 Å². The first-order valence-corrected chi connectivity index (χ1v) is 17.2. The van der Waals surface area contributed by atoms with E-state index in [1.807, 2.05) is 12.1 Å². The molecular formula is C27H44N4O5S2. The normalized spacial score (nSPS) is 28.4. The van der Waals surface area contributed by atoms with Gasteiger partial charge in [-0.25, -0.2) is 16.8 Å². The summed E-state index contributed by atoms with van der Waals surface area (Å²) < 4.78 is 52.7. The van der Waals surface area contributed by atoms with Crippen LogP contribution in [0.15, 0.2) is 24.3 Å². The monoisotopic (exact) mass is 568 g/mol. The molecule has 1 heterocycles. The van der Waals surface area contributed by atoms with E-state index in [-0.39, 0.29) is 35.3 Å². The van der Waals surface area contributed by atoms with E-state index >= 15 is 0 Å². The number of likely N-dealkylation sites (N-methyl/N-ethyl adjacent to an activating group) is 1. The largest absolute Gasteiger partial charge is 0.369 e. The van der Waals surface area contributed by atoms with Gasteiger partial charge in [-0.05, 0) is 55.6 Å². The van der Waals surface area contributed by atoms with Crippen molar-refractivity contribution >= 4 is 31.5 Å². The van der Waals surface area contributed by atoms with Crippen LogP contribution in [0.4, 0.5) is 5.69 Å². The predicted molar refractivity (Wildman–Crippen MR) is 151 cm³/mol. The molecule has 4 atom stereocenters. The lowest BCUT2D eigenvalue weighted by atomic mass is 9.68. The van der Waals surface area contributed by atoms with Crippen molar-refractivity contribution in [3.63, 3.8) is 0 Å². The van der Waals surface area contributed by atoms with Gasteiger partial charge >= 0.3 is 0 Å². The molecule has 9 nitrogen and oxygen atoms in total. The summed E-state index contributed by atoms with van der Waals surface area (Å²) in [7, 11) is -5.11. The number of carbonyl (C=O) groups excluding carboxylic acids is 1. The number of fused-ring (bicyclic) bond motifs is 2. The molecule has 0 aromatic heterocycles. The summed E-state index contributed by atoms with van der Waals surface area (Å²) in [5, 5.41) is 0. The molecule has 1 aromatic rings. The minimum Gasteiger partial charge on any atom is -0.369 e. The number of anilines is 1. The van der Waals surface area contributed by atoms with Crippen LogP contribution in [0.1, 0.15) is 45.1 Å². The number of aryl methyl sites for hydroxylation is 1. The number of sulfone groups is 1. The number of para-hydroxylation sites is 1. The number of hydrogen-bond donors (Lipinski definition) is 1. The Hall–Kier alpha value is -1.69. The Bertz CT molecular complexity index is 1260. The Morgan fingerprint density at radius 2 is 1.76 bits per heavy atom. The van der Waals surface area contributed by atoms with E-state index in [1.165, 1.54) is 5.56 Å². The summed E-state index contributed by atoms with van der Waals surface area (Å²) in [6.45, 7) is 8.52. The van der Waals surface area contributed by atoms with Crippen LogP contribution < -0.4 is 10.6 Å². The molecule has 2 bridgehead atoms. The van der Waals surface area contributed by atoms with Gasteiger partial charge < -0.3 is 15.5 Å². The molecule has 1 amide bonds. The third-order valence-corrected chi connectivity index (χ3v) is 12.9. The second-order valence-corrected chi connectivity index (χ2v) is 16.5. The summed E-state index contributed by atoms with van der Waals surface area (Å²) in [6, 6.07) is 6.98. The maximum atomic E-state index is 13.9. The number of nitrogens with two attached hydrogens (primary N) is 1. The topological polar surface area (TPSA) is 121 Å². The predicted octanol–water partition coefficient (Wildman–Crippen LogP) is 1.86. The van der Waals surface area contributed by atoms with E-state index in [4.69, 9.17) is 5.73 Å². The fourth-order valence-electron chi connectivity index (χ4n) is 7.33. The summed E-state index contributed by atoms with van der Waals surface area (Å²) in [6.07, 6.45) is 3.62. The molecule has 1 saturated heterocycles. The Kier molecular flexibility index (Phi) is 8.00. The lowest BCUT2D eigenvalue weighted by Gasteiger charge is -2.47. The van der Waals surface area contributed by atoms with Crippen LogP contribution >= 0.6 is 0 Å². The van der Waals surface area contributed by atoms with Gasteiger partial charge in [-0.3, -0.25) is 4.79 Å². The third-order valence-electron chi connectivity index (χ3n) is 9.85. The van der Waals surface area contributed by atoms with Gasteiger partial charge in [-0.2, -0.15) is 4.31 Å². The number of hydrogen-bond acceptors (Lipinski definition) is 7. The van der Waals surface area contributed by atoms with Crippen molar-refractivity contribution in [1.82, 2.24) is 9.21 Å². The minimum absolute atomic E-state index is 0.00866. The van der Waals surface area contributed by atoms with Crippen LogP contribution in [-0.2, 0) is 24.7 Å². The zero-order chi connectivity index (χ0) is 28.1. The Balaban J connectivity index is 1.50. The molecule has 3 fully saturated rings. The van der Waals surface area contributed by atoms with Crippen molar-refractivity contribution < 1.29 is 21.6 Å². The number of piperazine rings is 1. The zero-order valence-corrected chi connectivity index (χ0v) is 25.0. The van der Waals surface area contributed by atoms with E-state index in [9.17, 15) is 21.6 Å². The summed E-state index contributed by atoms with van der Waals surface area (Å²) >= 11 is 0. The van der Waals surface area contributed by atoms with E-state index in [2.05, 4.69) is 37.8 Å². The fraction of sp³-hybridized carbons (Fsp3) is 0.741. The highest BCUT2D eigenvalue weighted by Crippen LogP contribution is 2.67. The summed E-state index contributed by atoms with van der Waals surface area (Å²) in [4.78, 5) is 17.2. The summed E-state index contributed by atoms with van der Waals surface area (Å²) in [5.74, 6) is -0.136. The van der Waals surface area contributed by atoms with E-state index < -0.39 is 31.3 Å². The number of carbonyl (C=O) groups is 1. The van der Waals surface area contributed by atoms with Crippen molar-refractivity contribution in [2.75, 3.05) is 55.9 Å². The number of rotatable bonds is 9. The Labute approximate surface area is 228 Å². The molecule has 11 heteroatoms. The van der Waals surface area contributed by atoms with Crippen molar-refractivity contribution in [2.24, 2.45) is 22.5 Å². The van der Waals surface area contributed by atoms with E-state index in [1.54, 1.807) is 16.3 Å². The van der Waals surface area contributed by atoms with Gasteiger partial charge in [0.25, 0.3) is 0 Å². The van der Waals surface area contributed by atoms with Crippen LogP contribution in [0.2, 0.25) is 0 Å². The lowest BCUT2D eigenvalue weighted by molar-refractivity contribution is -0.136. The smallest absolute Gasteiger partial charge is 0.239 e. The number of amides is 1. The molecule has 4 unspecified atom stereocenters. The maximum Gasteiger partial charge on any atom is 0.239 e. The molecular weight excluding hydrogens is 524 g/mol. The highest BCUT2D eigenvalue weighted by Gasteiger charge is 2.67. The van der Waals surface area contributed by atoms with Crippen LogP contribution in [0.5, 0.6) is 0 Å². The van der Waals surface area contributed by atoms with Gasteiger partial charge in [0.1, 0.15) is 9.84 Å². The molecule has 2 aliphatic carbocycles. The van der Waals surface area contributed by atoms with E-state index in [0.29, 0.717) is 32.1 Å². The van der Waals surface area contributed by atoms with Crippen LogP contribution in [-0.4, -0.2) is 95.0 Å². The molecule has 4 rings (SSSR count). The highest BCUT2D eigenvalue weighted by molar-refractivity contribution is 7.90. The van der Waals surface area contributed by atoms with Crippen molar-refractivity contribution in [3.05, 3.63) is 29.8 Å². The van der Waals surface area contributed by atoms with Gasteiger partial charge in [0, 0.05) is 56.6 Å². The van der Waals surface area contributed by atoms with E-state index in [0.717, 1.165) is 31.2 Å². The van der Waals surface area contributed by atoms with Gasteiger partial charge in [0.2, 0.25) is 15.9 Å². The molecule has 214 valence electrons. The quantitative estimate of drug-likeness (QED) is 0.483. The molecule has 2 N–H and O–H groups in total. The molecule has 0 spiro atoms. The lowest BCUT2D eigenvalue weighted by Crippen LogP contribution is -2.58. The molecule has 2 saturated carbocycles. The van der Waals surface area contributed by atoms with Crippen LogP contribution in [0, 0.1) is 23.7 Å². The second kappa shape index (κ2) is 10.4. The van der Waals surface area contributed by atoms with Crippen molar-refractivity contribution in [3.8, 4) is 0 Å². The minimum atomic E-state index is -3.58. The second-order valence-electron chi connectivity index (χ2n) is 12.3. The van der Waals surface area contributed by atoms with Gasteiger partial charge in [-0.15, -0.1) is 0 Å². The standard InChI is InChI=1S/C27H44N4O5S2/c1-20-8-6-7-9-23(20)30-13-15-31(16-14-30)38(35,36)19-27-12-10-21(26(27,2)3)18-24(27)29(4)25(32)22(28)11-17-37(5,33)34/h6-9,21-22,24H,10-19,28H2,1-5H3. The number of sulfonamides is 1. The average molecular weight is 569 g/mol. The number of benzene rings is 1. The molecule has 38 heavy (non-hydrogen) atoms. The van der Waals surface area contributed by atoms with Crippen molar-refractivity contribution in [1.29, 1.82) is 0 Å². The van der Waals surface area contributed by atoms with Gasteiger partial charge in [0.15, 0.2) is 0 Å². The Morgan fingerprint density at radius 3 is 2.34 bits per heavy atom. The average Bonchev–Trinajstić information content (AvgIpc) is 3.21. The molecule has 1 aliphatic heterocycles. The summed E-state index contributed by atoms with van der Waals surface area (Å²) in [5.41, 5.74) is 7.62. The molecule has 1 aromatic carbocycles. The highest BCUT2D eigenvalue weighted by atomic mass is 32.2. The first-order chi connectivity index (χ1) is 17.6. The molecule has 3 aliphatic rings. The zero-order valence-electron chi connectivity index (χ0n) is 23.4. The molecule has 0 radical (unpaired) electrons. The van der Waals surface area contributed by atoms with Gasteiger partial charge in [0.05, 0.1) is 17.5 Å². The van der Waals surface area contributed by atoms with Gasteiger partial charge in [-0.1, -0.05) is 32.0 Å². The Morgan fingerprint density at radius 1 is 1.13 bits per heavy atom. The third kappa shape index (κ3) is 5.36. The number of nitrogens with zero attached hydrogens (tertiary/aromatic N) is 3. The SMILES string of the molecule is Cc1ccccc1N1CCN(S(=O)(=O)CC23CCC(CC2N(C)C(=O)C(N)CCS(C)(=O)=O)C3(C)C)CC1. The first kappa shape index (κ1) is 29.3. The maximum absolute atomic E-state index is 13.9. The fourth-order valence-corrected chi connectivity index (χ4v) is 10.3.